The Morgan fingerprint density at radius 3 is 2.31 bits per heavy atom. The minimum atomic E-state index is 0.428. The molecule has 0 atom stereocenters. The van der Waals surface area contributed by atoms with Gasteiger partial charge in [0, 0.05) is 23.9 Å². The molecule has 0 fully saturated rings. The van der Waals surface area contributed by atoms with Crippen LogP contribution in [0.2, 0.25) is 0 Å². The fourth-order valence-corrected chi connectivity index (χ4v) is 3.18. The first-order valence-corrected chi connectivity index (χ1v) is 10.2. The zero-order valence-corrected chi connectivity index (χ0v) is 17.8. The van der Waals surface area contributed by atoms with E-state index in [9.17, 15) is 0 Å². The number of hydrogen-bond donors (Lipinski definition) is 2. The summed E-state index contributed by atoms with van der Waals surface area (Å²) in [7, 11) is 4.18. The Bertz CT molecular complexity index is 906. The van der Waals surface area contributed by atoms with Gasteiger partial charge in [-0.2, -0.15) is 0 Å². The van der Waals surface area contributed by atoms with Crippen LogP contribution in [0.1, 0.15) is 31.7 Å². The maximum absolute atomic E-state index is 4.79. The van der Waals surface area contributed by atoms with Gasteiger partial charge in [0.25, 0.3) is 0 Å². The van der Waals surface area contributed by atoms with Gasteiger partial charge in [-0.05, 0) is 44.6 Å². The van der Waals surface area contributed by atoms with Crippen molar-refractivity contribution in [1.82, 2.24) is 14.9 Å². The van der Waals surface area contributed by atoms with E-state index in [1.807, 2.05) is 42.5 Å². The maximum Gasteiger partial charge on any atom is 0.163 e. The second-order valence-corrected chi connectivity index (χ2v) is 7.78. The predicted octanol–water partition coefficient (Wildman–Crippen LogP) is 5.37. The fourth-order valence-electron chi connectivity index (χ4n) is 3.18. The SMILES string of the molecule is CC(C)c1ccccc1Nc1cc(NCCCN(C)C)nc(-c2ccccc2)n1. The molecule has 0 saturated carbocycles. The fraction of sp³-hybridized carbons (Fsp3) is 0.333. The Morgan fingerprint density at radius 2 is 1.59 bits per heavy atom. The van der Waals surface area contributed by atoms with Crippen LogP contribution in [0.4, 0.5) is 17.3 Å². The lowest BCUT2D eigenvalue weighted by atomic mass is 10.0. The van der Waals surface area contributed by atoms with Crippen LogP contribution in [0, 0.1) is 0 Å². The Kier molecular flexibility index (Phi) is 7.19. The number of nitrogens with zero attached hydrogens (tertiary/aromatic N) is 3. The molecule has 0 aliphatic rings. The lowest BCUT2D eigenvalue weighted by molar-refractivity contribution is 0.405. The molecule has 1 heterocycles. The minimum Gasteiger partial charge on any atom is -0.370 e. The van der Waals surface area contributed by atoms with E-state index >= 15 is 0 Å². The highest BCUT2D eigenvalue weighted by Crippen LogP contribution is 2.28. The van der Waals surface area contributed by atoms with Crippen LogP contribution in [-0.4, -0.2) is 42.1 Å². The average molecular weight is 390 g/mol. The molecule has 5 nitrogen and oxygen atoms in total. The van der Waals surface area contributed by atoms with Crippen molar-refractivity contribution in [2.75, 3.05) is 37.8 Å². The number of rotatable bonds is 9. The average Bonchev–Trinajstić information content (AvgIpc) is 2.72. The van der Waals surface area contributed by atoms with Gasteiger partial charge in [-0.25, -0.2) is 9.97 Å². The molecule has 0 bridgehead atoms. The first kappa shape index (κ1) is 20.8. The standard InChI is InChI=1S/C24H31N5/c1-18(2)20-13-8-9-14-21(20)26-23-17-22(25-15-10-16-29(3)4)27-24(28-23)19-11-6-5-7-12-19/h5-9,11-14,17-18H,10,15-16H2,1-4H3,(H2,25,26,27,28). The summed E-state index contributed by atoms with van der Waals surface area (Å²) in [5, 5.41) is 6.97. The van der Waals surface area contributed by atoms with Crippen LogP contribution in [0.25, 0.3) is 11.4 Å². The first-order valence-electron chi connectivity index (χ1n) is 10.2. The number of para-hydroxylation sites is 1. The summed E-state index contributed by atoms with van der Waals surface area (Å²) in [6.45, 7) is 6.31. The van der Waals surface area contributed by atoms with Crippen LogP contribution in [-0.2, 0) is 0 Å². The van der Waals surface area contributed by atoms with Gasteiger partial charge in [0.15, 0.2) is 5.82 Å². The summed E-state index contributed by atoms with van der Waals surface area (Å²) in [6.07, 6.45) is 1.05. The third-order valence-electron chi connectivity index (χ3n) is 4.69. The van der Waals surface area contributed by atoms with Crippen molar-refractivity contribution in [3.05, 3.63) is 66.2 Å². The van der Waals surface area contributed by atoms with Gasteiger partial charge < -0.3 is 15.5 Å². The molecule has 0 aliphatic heterocycles. The Labute approximate surface area is 174 Å². The van der Waals surface area contributed by atoms with Crippen molar-refractivity contribution < 1.29 is 0 Å². The number of benzene rings is 2. The molecule has 152 valence electrons. The Hall–Kier alpha value is -2.92. The summed E-state index contributed by atoms with van der Waals surface area (Å²) < 4.78 is 0. The van der Waals surface area contributed by atoms with Gasteiger partial charge in [0.2, 0.25) is 0 Å². The smallest absolute Gasteiger partial charge is 0.163 e. The molecule has 0 saturated heterocycles. The highest BCUT2D eigenvalue weighted by Gasteiger charge is 2.10. The molecule has 2 aromatic carbocycles. The number of hydrogen-bond acceptors (Lipinski definition) is 5. The molecular weight excluding hydrogens is 358 g/mol. The van der Waals surface area contributed by atoms with E-state index in [0.29, 0.717) is 11.7 Å². The number of anilines is 3. The van der Waals surface area contributed by atoms with E-state index in [4.69, 9.17) is 9.97 Å². The molecule has 3 aromatic rings. The predicted molar refractivity (Wildman–Crippen MR) is 123 cm³/mol. The van der Waals surface area contributed by atoms with Crippen molar-refractivity contribution >= 4 is 17.3 Å². The maximum atomic E-state index is 4.79. The van der Waals surface area contributed by atoms with Crippen molar-refractivity contribution in [2.45, 2.75) is 26.2 Å². The summed E-state index contributed by atoms with van der Waals surface area (Å²) >= 11 is 0. The minimum absolute atomic E-state index is 0.428. The van der Waals surface area contributed by atoms with Gasteiger partial charge in [-0.15, -0.1) is 0 Å². The summed E-state index contributed by atoms with van der Waals surface area (Å²) in [5.74, 6) is 2.77. The normalized spacial score (nSPS) is 11.1. The van der Waals surface area contributed by atoms with Crippen molar-refractivity contribution in [2.24, 2.45) is 0 Å². The van der Waals surface area contributed by atoms with Gasteiger partial charge in [-0.1, -0.05) is 62.4 Å². The van der Waals surface area contributed by atoms with Crippen molar-refractivity contribution in [3.8, 4) is 11.4 Å². The monoisotopic (exact) mass is 389 g/mol. The molecule has 0 unspecified atom stereocenters. The second-order valence-electron chi connectivity index (χ2n) is 7.78. The van der Waals surface area contributed by atoms with E-state index in [-0.39, 0.29) is 0 Å². The molecule has 2 N–H and O–H groups in total. The zero-order valence-electron chi connectivity index (χ0n) is 17.8. The van der Waals surface area contributed by atoms with Gasteiger partial charge in [0.05, 0.1) is 0 Å². The van der Waals surface area contributed by atoms with Crippen LogP contribution >= 0.6 is 0 Å². The van der Waals surface area contributed by atoms with E-state index in [1.54, 1.807) is 0 Å². The molecule has 29 heavy (non-hydrogen) atoms. The third-order valence-corrected chi connectivity index (χ3v) is 4.69. The molecule has 0 aliphatic carbocycles. The zero-order chi connectivity index (χ0) is 20.6. The molecule has 0 radical (unpaired) electrons. The number of aromatic nitrogens is 2. The molecular formula is C24H31N5. The Morgan fingerprint density at radius 1 is 0.897 bits per heavy atom. The van der Waals surface area contributed by atoms with E-state index < -0.39 is 0 Å². The Balaban J connectivity index is 1.88. The van der Waals surface area contributed by atoms with Crippen LogP contribution in [0.5, 0.6) is 0 Å². The van der Waals surface area contributed by atoms with Crippen molar-refractivity contribution in [3.63, 3.8) is 0 Å². The lowest BCUT2D eigenvalue weighted by Gasteiger charge is -2.16. The highest BCUT2D eigenvalue weighted by atomic mass is 15.1. The number of nitrogens with one attached hydrogen (secondary N) is 2. The van der Waals surface area contributed by atoms with E-state index in [0.717, 1.165) is 42.4 Å². The second kappa shape index (κ2) is 10.0. The largest absolute Gasteiger partial charge is 0.370 e. The van der Waals surface area contributed by atoms with E-state index in [2.05, 4.69) is 61.7 Å². The summed E-state index contributed by atoms with van der Waals surface area (Å²) in [5.41, 5.74) is 3.36. The molecule has 5 heteroatoms. The van der Waals surface area contributed by atoms with E-state index in [1.165, 1.54) is 5.56 Å². The first-order chi connectivity index (χ1) is 14.0. The lowest BCUT2D eigenvalue weighted by Crippen LogP contribution is -2.16. The quantitative estimate of drug-likeness (QED) is 0.482. The van der Waals surface area contributed by atoms with Crippen LogP contribution < -0.4 is 10.6 Å². The molecule has 0 amide bonds. The van der Waals surface area contributed by atoms with Gasteiger partial charge in [0.1, 0.15) is 11.6 Å². The van der Waals surface area contributed by atoms with Crippen molar-refractivity contribution in [1.29, 1.82) is 0 Å². The van der Waals surface area contributed by atoms with Gasteiger partial charge >= 0.3 is 0 Å². The van der Waals surface area contributed by atoms with Crippen LogP contribution in [0.3, 0.4) is 0 Å². The van der Waals surface area contributed by atoms with Crippen LogP contribution in [0.15, 0.2) is 60.7 Å². The topological polar surface area (TPSA) is 53.1 Å². The molecule has 1 aromatic heterocycles. The summed E-state index contributed by atoms with van der Waals surface area (Å²) in [4.78, 5) is 11.7. The highest BCUT2D eigenvalue weighted by molar-refractivity contribution is 5.67. The molecule has 3 rings (SSSR count). The van der Waals surface area contributed by atoms with Gasteiger partial charge in [-0.3, -0.25) is 0 Å². The third kappa shape index (κ3) is 6.03. The molecule has 0 spiro atoms. The summed E-state index contributed by atoms with van der Waals surface area (Å²) in [6, 6.07) is 20.5.